The molecule has 1 atom stereocenters. The maximum atomic E-state index is 12.2. The highest BCUT2D eigenvalue weighted by molar-refractivity contribution is 6.05. The number of ketones is 1. The molecule has 25 heavy (non-hydrogen) atoms. The number of Topliss-reactive ketones (excluding diaryl/α,β-unsaturated/α-hetero) is 1. The zero-order valence-corrected chi connectivity index (χ0v) is 13.5. The molecule has 1 amide bonds. The number of amides is 1. The summed E-state index contributed by atoms with van der Waals surface area (Å²) in [6.45, 7) is 1.08. The van der Waals surface area contributed by atoms with Crippen molar-refractivity contribution in [2.75, 3.05) is 11.9 Å². The number of rotatable bonds is 5. The smallest absolute Gasteiger partial charge is 0.326 e. The van der Waals surface area contributed by atoms with Crippen molar-refractivity contribution in [1.82, 2.24) is 4.57 Å². The highest BCUT2D eigenvalue weighted by Gasteiger charge is 2.27. The molecule has 0 aliphatic carbocycles. The molecule has 0 unspecified atom stereocenters. The van der Waals surface area contributed by atoms with Crippen molar-refractivity contribution in [1.29, 1.82) is 0 Å². The Bertz CT molecular complexity index is 916. The monoisotopic (exact) mass is 340 g/mol. The summed E-state index contributed by atoms with van der Waals surface area (Å²) in [6, 6.07) is 9.41. The third-order valence-corrected chi connectivity index (χ3v) is 4.05. The molecular weight excluding hydrogens is 324 g/mol. The Morgan fingerprint density at radius 3 is 2.76 bits per heavy atom. The van der Waals surface area contributed by atoms with Crippen LogP contribution < -0.4 is 10.9 Å². The van der Waals surface area contributed by atoms with Gasteiger partial charge < -0.3 is 14.6 Å². The summed E-state index contributed by atoms with van der Waals surface area (Å²) in [5.41, 5.74) is 1.48. The summed E-state index contributed by atoms with van der Waals surface area (Å²) in [7, 11) is 0. The van der Waals surface area contributed by atoms with Gasteiger partial charge in [0.2, 0.25) is 5.91 Å². The number of pyridine rings is 1. The number of aromatic nitrogens is 1. The van der Waals surface area contributed by atoms with Gasteiger partial charge in [-0.05, 0) is 36.8 Å². The van der Waals surface area contributed by atoms with Crippen LogP contribution in [0.2, 0.25) is 0 Å². The van der Waals surface area contributed by atoms with Crippen LogP contribution in [0.3, 0.4) is 0 Å². The van der Waals surface area contributed by atoms with Crippen LogP contribution in [0.25, 0.3) is 0 Å². The molecule has 0 spiro atoms. The fourth-order valence-electron chi connectivity index (χ4n) is 2.60. The standard InChI is InChI=1S/C18H16N2O5/c1-11-13-8-12(5-6-14(13)19-18(11)24)15(21)10-25-17(23)9-20-7-3-2-4-16(20)22/h2-8,11H,9-10H2,1H3,(H,19,24)/t11-/m1/s1. The van der Waals surface area contributed by atoms with Gasteiger partial charge in [0.25, 0.3) is 5.56 Å². The minimum atomic E-state index is -0.673. The highest BCUT2D eigenvalue weighted by atomic mass is 16.5. The second-order valence-corrected chi connectivity index (χ2v) is 5.76. The van der Waals surface area contributed by atoms with Gasteiger partial charge in [-0.25, -0.2) is 0 Å². The van der Waals surface area contributed by atoms with Crippen LogP contribution in [0.5, 0.6) is 0 Å². The molecule has 0 saturated heterocycles. The number of carbonyl (C=O) groups is 3. The summed E-state index contributed by atoms with van der Waals surface area (Å²) < 4.78 is 6.15. The molecule has 2 aromatic rings. The molecule has 1 aliphatic heterocycles. The van der Waals surface area contributed by atoms with E-state index in [1.165, 1.54) is 16.8 Å². The van der Waals surface area contributed by atoms with Gasteiger partial charge in [-0.15, -0.1) is 0 Å². The molecule has 128 valence electrons. The number of hydrogen-bond donors (Lipinski definition) is 1. The van der Waals surface area contributed by atoms with Crippen molar-refractivity contribution in [2.24, 2.45) is 0 Å². The van der Waals surface area contributed by atoms with Gasteiger partial charge in [0, 0.05) is 23.5 Å². The number of benzene rings is 1. The molecule has 0 fully saturated rings. The fourth-order valence-corrected chi connectivity index (χ4v) is 2.60. The molecule has 1 N–H and O–H groups in total. The molecule has 3 rings (SSSR count). The lowest BCUT2D eigenvalue weighted by Gasteiger charge is -2.08. The molecule has 7 heteroatoms. The molecule has 0 bridgehead atoms. The largest absolute Gasteiger partial charge is 0.456 e. The molecular formula is C18H16N2O5. The molecule has 1 aliphatic rings. The van der Waals surface area contributed by atoms with E-state index in [4.69, 9.17) is 4.74 Å². The van der Waals surface area contributed by atoms with Crippen LogP contribution in [0.15, 0.2) is 47.4 Å². The van der Waals surface area contributed by atoms with E-state index in [-0.39, 0.29) is 29.7 Å². The first-order chi connectivity index (χ1) is 12.0. The molecule has 1 aromatic carbocycles. The third kappa shape index (κ3) is 3.50. The zero-order chi connectivity index (χ0) is 18.0. The van der Waals surface area contributed by atoms with E-state index in [1.807, 2.05) is 0 Å². The summed E-state index contributed by atoms with van der Waals surface area (Å²) in [4.78, 5) is 47.2. The van der Waals surface area contributed by atoms with Gasteiger partial charge in [0.15, 0.2) is 12.4 Å². The van der Waals surface area contributed by atoms with E-state index in [0.717, 1.165) is 5.56 Å². The van der Waals surface area contributed by atoms with Gasteiger partial charge in [-0.1, -0.05) is 6.07 Å². The lowest BCUT2D eigenvalue weighted by atomic mass is 9.99. The summed E-state index contributed by atoms with van der Waals surface area (Å²) in [6.07, 6.45) is 1.47. The number of nitrogens with one attached hydrogen (secondary N) is 1. The molecule has 0 saturated carbocycles. The summed E-state index contributed by atoms with van der Waals surface area (Å²) in [5.74, 6) is -1.48. The molecule has 2 heterocycles. The fraction of sp³-hybridized carbons (Fsp3) is 0.222. The van der Waals surface area contributed by atoms with Crippen molar-refractivity contribution in [3.8, 4) is 0 Å². The quantitative estimate of drug-likeness (QED) is 0.654. The minimum absolute atomic E-state index is 0.112. The normalized spacial score (nSPS) is 15.4. The van der Waals surface area contributed by atoms with Crippen molar-refractivity contribution >= 4 is 23.3 Å². The Balaban J connectivity index is 1.62. The van der Waals surface area contributed by atoms with Gasteiger partial charge in [-0.3, -0.25) is 19.2 Å². The van der Waals surface area contributed by atoms with Crippen LogP contribution in [-0.2, 0) is 20.9 Å². The Morgan fingerprint density at radius 1 is 1.20 bits per heavy atom. The summed E-state index contributed by atoms with van der Waals surface area (Å²) in [5, 5.41) is 2.73. The number of hydrogen-bond acceptors (Lipinski definition) is 5. The molecule has 7 nitrogen and oxygen atoms in total. The number of carbonyl (C=O) groups excluding carboxylic acids is 3. The van der Waals surface area contributed by atoms with E-state index < -0.39 is 12.6 Å². The lowest BCUT2D eigenvalue weighted by Crippen LogP contribution is -2.25. The van der Waals surface area contributed by atoms with Crippen LogP contribution in [0, 0.1) is 0 Å². The van der Waals surface area contributed by atoms with Gasteiger partial charge in [0.1, 0.15) is 6.54 Å². The number of nitrogens with zero attached hydrogens (tertiary/aromatic N) is 1. The number of ether oxygens (including phenoxy) is 1. The minimum Gasteiger partial charge on any atom is -0.456 e. The van der Waals surface area contributed by atoms with Crippen molar-refractivity contribution in [3.63, 3.8) is 0 Å². The number of fused-ring (bicyclic) bond motifs is 1. The maximum absolute atomic E-state index is 12.2. The Kier molecular flexibility index (Phi) is 4.47. The Hall–Kier alpha value is -3.22. The van der Waals surface area contributed by atoms with E-state index in [0.29, 0.717) is 11.3 Å². The maximum Gasteiger partial charge on any atom is 0.326 e. The van der Waals surface area contributed by atoms with E-state index in [2.05, 4.69) is 5.32 Å². The Labute approximate surface area is 143 Å². The predicted octanol–water partition coefficient (Wildman–Crippen LogP) is 1.33. The number of esters is 1. The Morgan fingerprint density at radius 2 is 2.00 bits per heavy atom. The molecule has 0 radical (unpaired) electrons. The van der Waals surface area contributed by atoms with Crippen LogP contribution in [0.1, 0.15) is 28.8 Å². The first kappa shape index (κ1) is 16.6. The first-order valence-electron chi connectivity index (χ1n) is 7.75. The van der Waals surface area contributed by atoms with Crippen LogP contribution in [-0.4, -0.2) is 28.8 Å². The van der Waals surface area contributed by atoms with Gasteiger partial charge in [-0.2, -0.15) is 0 Å². The lowest BCUT2D eigenvalue weighted by molar-refractivity contribution is -0.143. The summed E-state index contributed by atoms with van der Waals surface area (Å²) >= 11 is 0. The molecule has 1 aromatic heterocycles. The zero-order valence-electron chi connectivity index (χ0n) is 13.5. The first-order valence-corrected chi connectivity index (χ1v) is 7.75. The van der Waals surface area contributed by atoms with Crippen molar-refractivity contribution < 1.29 is 19.1 Å². The van der Waals surface area contributed by atoms with E-state index in [9.17, 15) is 19.2 Å². The third-order valence-electron chi connectivity index (χ3n) is 4.05. The number of anilines is 1. The van der Waals surface area contributed by atoms with E-state index >= 15 is 0 Å². The SMILES string of the molecule is C[C@H]1C(=O)Nc2ccc(C(=O)COC(=O)Cn3ccccc3=O)cc21. The van der Waals surface area contributed by atoms with Crippen LogP contribution in [0.4, 0.5) is 5.69 Å². The van der Waals surface area contributed by atoms with Crippen molar-refractivity contribution in [3.05, 3.63) is 64.1 Å². The topological polar surface area (TPSA) is 94.5 Å². The van der Waals surface area contributed by atoms with E-state index in [1.54, 1.807) is 37.3 Å². The van der Waals surface area contributed by atoms with Gasteiger partial charge in [0.05, 0.1) is 5.92 Å². The van der Waals surface area contributed by atoms with Crippen LogP contribution >= 0.6 is 0 Å². The average molecular weight is 340 g/mol. The van der Waals surface area contributed by atoms with Gasteiger partial charge >= 0.3 is 5.97 Å². The second-order valence-electron chi connectivity index (χ2n) is 5.76. The van der Waals surface area contributed by atoms with Crippen molar-refractivity contribution in [2.45, 2.75) is 19.4 Å². The predicted molar refractivity (Wildman–Crippen MR) is 89.5 cm³/mol. The highest BCUT2D eigenvalue weighted by Crippen LogP contribution is 2.32. The second kappa shape index (κ2) is 6.72. The average Bonchev–Trinajstić information content (AvgIpc) is 2.89.